The van der Waals surface area contributed by atoms with Crippen LogP contribution in [0.4, 0.5) is 0 Å². The normalized spacial score (nSPS) is 25.8. The van der Waals surface area contributed by atoms with Crippen molar-refractivity contribution in [2.24, 2.45) is 5.92 Å². The molecule has 2 atom stereocenters. The van der Waals surface area contributed by atoms with E-state index in [0.717, 1.165) is 18.5 Å². The summed E-state index contributed by atoms with van der Waals surface area (Å²) >= 11 is 1.78. The number of rotatable bonds is 4. The Kier molecular flexibility index (Phi) is 4.99. The van der Waals surface area contributed by atoms with Gasteiger partial charge >= 0.3 is 0 Å². The third-order valence-corrected chi connectivity index (χ3v) is 4.51. The summed E-state index contributed by atoms with van der Waals surface area (Å²) in [6.45, 7) is 5.42. The molecule has 96 valence electrons. The van der Waals surface area contributed by atoms with Crippen molar-refractivity contribution in [3.05, 3.63) is 16.1 Å². The summed E-state index contributed by atoms with van der Waals surface area (Å²) in [5.74, 6) is 0.836. The van der Waals surface area contributed by atoms with Crippen LogP contribution in [0.3, 0.4) is 0 Å². The summed E-state index contributed by atoms with van der Waals surface area (Å²) in [5, 5.41) is 7.07. The lowest BCUT2D eigenvalue weighted by molar-refractivity contribution is 0.387. The first-order valence-corrected chi connectivity index (χ1v) is 7.80. The monoisotopic (exact) mass is 252 g/mol. The first-order valence-electron chi connectivity index (χ1n) is 6.92. The largest absolute Gasteiger partial charge is 0.314 e. The fraction of sp³-hybridized carbons (Fsp3) is 0.786. The van der Waals surface area contributed by atoms with Crippen LogP contribution in [0.5, 0.6) is 0 Å². The highest BCUT2D eigenvalue weighted by Gasteiger charge is 2.20. The van der Waals surface area contributed by atoms with Crippen molar-refractivity contribution < 1.29 is 0 Å². The van der Waals surface area contributed by atoms with Gasteiger partial charge in [0.1, 0.15) is 0 Å². The van der Waals surface area contributed by atoms with Crippen LogP contribution >= 0.6 is 11.3 Å². The number of thiazole rings is 1. The van der Waals surface area contributed by atoms with Gasteiger partial charge in [0, 0.05) is 11.4 Å². The van der Waals surface area contributed by atoms with Crippen LogP contribution in [0.25, 0.3) is 0 Å². The Morgan fingerprint density at radius 1 is 1.41 bits per heavy atom. The first kappa shape index (κ1) is 13.0. The van der Waals surface area contributed by atoms with E-state index in [0.29, 0.717) is 0 Å². The van der Waals surface area contributed by atoms with Crippen LogP contribution in [-0.4, -0.2) is 17.6 Å². The first-order chi connectivity index (χ1) is 8.28. The average Bonchev–Trinajstić information content (AvgIpc) is 2.58. The van der Waals surface area contributed by atoms with Crippen LogP contribution in [-0.2, 0) is 6.42 Å². The van der Waals surface area contributed by atoms with Crippen LogP contribution in [0.1, 0.15) is 49.7 Å². The molecule has 1 heterocycles. The van der Waals surface area contributed by atoms with E-state index in [4.69, 9.17) is 0 Å². The number of hydrogen-bond acceptors (Lipinski definition) is 3. The number of hydrogen-bond donors (Lipinski definition) is 1. The smallest absolute Gasteiger partial charge is 0.0897 e. The molecule has 0 spiro atoms. The predicted octanol–water partition coefficient (Wildman–Crippen LogP) is 3.55. The van der Waals surface area contributed by atoms with Gasteiger partial charge in [0.05, 0.1) is 10.7 Å². The highest BCUT2D eigenvalue weighted by atomic mass is 32.1. The maximum atomic E-state index is 4.60. The van der Waals surface area contributed by atoms with Crippen LogP contribution in [0.2, 0.25) is 0 Å². The molecule has 17 heavy (non-hydrogen) atoms. The number of nitrogens with zero attached hydrogens (tertiary/aromatic N) is 1. The number of nitrogens with one attached hydrogen (secondary N) is 1. The van der Waals surface area contributed by atoms with E-state index in [2.05, 4.69) is 29.5 Å². The topological polar surface area (TPSA) is 24.9 Å². The number of aryl methyl sites for hydroxylation is 1. The maximum absolute atomic E-state index is 4.60. The molecule has 2 nitrogen and oxygen atoms in total. The molecule has 0 bridgehead atoms. The minimum Gasteiger partial charge on any atom is -0.314 e. The van der Waals surface area contributed by atoms with Crippen molar-refractivity contribution in [2.45, 2.75) is 58.4 Å². The Hall–Kier alpha value is -0.410. The molecular formula is C14H24N2S. The molecule has 0 radical (unpaired) electrons. The molecule has 2 unspecified atom stereocenters. The summed E-state index contributed by atoms with van der Waals surface area (Å²) < 4.78 is 0. The van der Waals surface area contributed by atoms with E-state index in [-0.39, 0.29) is 0 Å². The zero-order valence-corrected chi connectivity index (χ0v) is 11.9. The minimum absolute atomic E-state index is 0.743. The quantitative estimate of drug-likeness (QED) is 0.829. The second-order valence-electron chi connectivity index (χ2n) is 5.20. The zero-order chi connectivity index (χ0) is 12.1. The van der Waals surface area contributed by atoms with Crippen molar-refractivity contribution in [2.75, 3.05) is 6.54 Å². The standard InChI is InChI=1S/C14H24N2S/c1-3-15-13-7-5-4-6-12(8-13)9-14-10-17-11(2)16-14/h10,12-13,15H,3-9H2,1-2H3. The van der Waals surface area contributed by atoms with Gasteiger partial charge in [-0.15, -0.1) is 11.3 Å². The van der Waals surface area contributed by atoms with E-state index < -0.39 is 0 Å². The molecule has 1 fully saturated rings. The Balaban J connectivity index is 1.90. The van der Waals surface area contributed by atoms with E-state index in [9.17, 15) is 0 Å². The fourth-order valence-electron chi connectivity index (χ4n) is 2.92. The lowest BCUT2D eigenvalue weighted by atomic mass is 9.93. The van der Waals surface area contributed by atoms with Gasteiger partial charge in [-0.3, -0.25) is 0 Å². The van der Waals surface area contributed by atoms with E-state index in [1.807, 2.05) is 0 Å². The lowest BCUT2D eigenvalue weighted by Gasteiger charge is -2.20. The van der Waals surface area contributed by atoms with Crippen LogP contribution < -0.4 is 5.32 Å². The highest BCUT2D eigenvalue weighted by Crippen LogP contribution is 2.26. The average molecular weight is 252 g/mol. The fourth-order valence-corrected chi connectivity index (χ4v) is 3.54. The SMILES string of the molecule is CCNC1CCCCC(Cc2csc(C)n2)C1. The van der Waals surface area contributed by atoms with Crippen molar-refractivity contribution >= 4 is 11.3 Å². The Morgan fingerprint density at radius 3 is 2.94 bits per heavy atom. The van der Waals surface area contributed by atoms with E-state index in [1.165, 1.54) is 49.2 Å². The van der Waals surface area contributed by atoms with Gasteiger partial charge in [-0.25, -0.2) is 4.98 Å². The van der Waals surface area contributed by atoms with Gasteiger partial charge < -0.3 is 5.32 Å². The minimum atomic E-state index is 0.743. The zero-order valence-electron chi connectivity index (χ0n) is 11.0. The second kappa shape index (κ2) is 6.50. The molecule has 0 aromatic carbocycles. The summed E-state index contributed by atoms with van der Waals surface area (Å²) in [4.78, 5) is 4.60. The predicted molar refractivity (Wildman–Crippen MR) is 74.6 cm³/mol. The summed E-state index contributed by atoms with van der Waals surface area (Å²) in [5.41, 5.74) is 1.31. The molecule has 0 amide bonds. The molecule has 0 aliphatic heterocycles. The number of aromatic nitrogens is 1. The second-order valence-corrected chi connectivity index (χ2v) is 6.26. The molecule has 1 aromatic rings. The van der Waals surface area contributed by atoms with Crippen molar-refractivity contribution in [3.63, 3.8) is 0 Å². The molecule has 1 aliphatic carbocycles. The van der Waals surface area contributed by atoms with Gasteiger partial charge in [-0.2, -0.15) is 0 Å². The van der Waals surface area contributed by atoms with Gasteiger partial charge in [0.2, 0.25) is 0 Å². The summed E-state index contributed by atoms with van der Waals surface area (Å²) in [7, 11) is 0. The maximum Gasteiger partial charge on any atom is 0.0897 e. The molecule has 0 saturated heterocycles. The Bertz CT molecular complexity index is 335. The van der Waals surface area contributed by atoms with Gasteiger partial charge in [-0.05, 0) is 38.6 Å². The molecular weight excluding hydrogens is 228 g/mol. The molecule has 1 N–H and O–H groups in total. The molecule has 1 aromatic heterocycles. The Labute approximate surface area is 109 Å². The third-order valence-electron chi connectivity index (χ3n) is 3.69. The van der Waals surface area contributed by atoms with Gasteiger partial charge in [-0.1, -0.05) is 26.2 Å². The Morgan fingerprint density at radius 2 is 2.24 bits per heavy atom. The van der Waals surface area contributed by atoms with Crippen molar-refractivity contribution in [3.8, 4) is 0 Å². The van der Waals surface area contributed by atoms with Gasteiger partial charge in [0.15, 0.2) is 0 Å². The molecule has 1 saturated carbocycles. The van der Waals surface area contributed by atoms with Crippen LogP contribution in [0.15, 0.2) is 5.38 Å². The van der Waals surface area contributed by atoms with Crippen molar-refractivity contribution in [1.29, 1.82) is 0 Å². The molecule has 3 heteroatoms. The lowest BCUT2D eigenvalue weighted by Crippen LogP contribution is -2.30. The van der Waals surface area contributed by atoms with Gasteiger partial charge in [0.25, 0.3) is 0 Å². The molecule has 1 aliphatic rings. The molecule has 2 rings (SSSR count). The van der Waals surface area contributed by atoms with E-state index in [1.54, 1.807) is 11.3 Å². The summed E-state index contributed by atoms with van der Waals surface area (Å²) in [6, 6.07) is 0.743. The van der Waals surface area contributed by atoms with E-state index >= 15 is 0 Å². The van der Waals surface area contributed by atoms with Crippen molar-refractivity contribution in [1.82, 2.24) is 10.3 Å². The van der Waals surface area contributed by atoms with Crippen LogP contribution in [0, 0.1) is 12.8 Å². The summed E-state index contributed by atoms with van der Waals surface area (Å²) in [6.07, 6.45) is 8.06. The highest BCUT2D eigenvalue weighted by molar-refractivity contribution is 7.09. The third kappa shape index (κ3) is 4.07.